The third kappa shape index (κ3) is 1.99. The van der Waals surface area contributed by atoms with Gasteiger partial charge in [0, 0.05) is 14.2 Å². The first kappa shape index (κ1) is 10.8. The summed E-state index contributed by atoms with van der Waals surface area (Å²) in [6.45, 7) is 1.70. The lowest BCUT2D eigenvalue weighted by Crippen LogP contribution is -2.56. The molecule has 0 aromatic rings. The Kier molecular flexibility index (Phi) is 3.61. The molecule has 0 amide bonds. The monoisotopic (exact) mass is 194 g/mol. The second-order valence-electron chi connectivity index (χ2n) is 3.08. The van der Waals surface area contributed by atoms with Crippen LogP contribution in [0.1, 0.15) is 6.92 Å². The zero-order valence-electron chi connectivity index (χ0n) is 7.94. The van der Waals surface area contributed by atoms with E-state index in [0.717, 1.165) is 0 Å². The van der Waals surface area contributed by atoms with Crippen molar-refractivity contribution in [2.45, 2.75) is 37.7 Å². The van der Waals surface area contributed by atoms with Crippen molar-refractivity contribution in [3.05, 3.63) is 0 Å². The Morgan fingerprint density at radius 2 is 1.92 bits per heavy atom. The summed E-state index contributed by atoms with van der Waals surface area (Å²) in [5.41, 5.74) is 0. The van der Waals surface area contributed by atoms with Crippen LogP contribution >= 0.6 is 0 Å². The van der Waals surface area contributed by atoms with Crippen LogP contribution in [0.25, 0.3) is 0 Å². The van der Waals surface area contributed by atoms with Crippen molar-refractivity contribution in [2.24, 2.45) is 0 Å². The smallest absolute Gasteiger partial charge is 0.191 e. The Morgan fingerprint density at radius 1 is 1.31 bits per heavy atom. The van der Waals surface area contributed by atoms with E-state index in [9.17, 15) is 9.50 Å². The van der Waals surface area contributed by atoms with E-state index < -0.39 is 24.7 Å². The van der Waals surface area contributed by atoms with Gasteiger partial charge in [0.05, 0.1) is 6.10 Å². The summed E-state index contributed by atoms with van der Waals surface area (Å²) in [5, 5.41) is 9.45. The molecule has 0 aromatic heterocycles. The van der Waals surface area contributed by atoms with Gasteiger partial charge in [0.1, 0.15) is 12.2 Å². The van der Waals surface area contributed by atoms with Gasteiger partial charge in [-0.3, -0.25) is 0 Å². The molecule has 1 aliphatic rings. The molecule has 13 heavy (non-hydrogen) atoms. The zero-order valence-corrected chi connectivity index (χ0v) is 7.94. The molecule has 1 rings (SSSR count). The molecule has 0 aromatic carbocycles. The third-order valence-corrected chi connectivity index (χ3v) is 2.24. The molecule has 1 N–H and O–H groups in total. The maximum Gasteiger partial charge on any atom is 0.191 e. The largest absolute Gasteiger partial charge is 0.387 e. The molecule has 0 radical (unpaired) electrons. The molecule has 0 saturated carbocycles. The molecular weight excluding hydrogens is 179 g/mol. The van der Waals surface area contributed by atoms with Crippen molar-refractivity contribution in [1.82, 2.24) is 0 Å². The first-order valence-electron chi connectivity index (χ1n) is 4.15. The van der Waals surface area contributed by atoms with Crippen LogP contribution in [0.5, 0.6) is 0 Å². The first-order chi connectivity index (χ1) is 6.11. The molecule has 0 aliphatic carbocycles. The second-order valence-corrected chi connectivity index (χ2v) is 3.08. The lowest BCUT2D eigenvalue weighted by molar-refractivity contribution is -0.274. The highest BCUT2D eigenvalue weighted by atomic mass is 19.1. The van der Waals surface area contributed by atoms with E-state index in [1.165, 1.54) is 14.2 Å². The molecule has 0 spiro atoms. The third-order valence-electron chi connectivity index (χ3n) is 2.24. The van der Waals surface area contributed by atoms with Gasteiger partial charge in [0.15, 0.2) is 12.5 Å². The summed E-state index contributed by atoms with van der Waals surface area (Å²) in [5.74, 6) is 0. The molecule has 1 heterocycles. The molecule has 4 nitrogen and oxygen atoms in total. The van der Waals surface area contributed by atoms with Gasteiger partial charge >= 0.3 is 0 Å². The van der Waals surface area contributed by atoms with Crippen molar-refractivity contribution in [1.29, 1.82) is 0 Å². The summed E-state index contributed by atoms with van der Waals surface area (Å²) in [6, 6.07) is 0. The quantitative estimate of drug-likeness (QED) is 0.677. The number of methoxy groups -OCH3 is 2. The minimum Gasteiger partial charge on any atom is -0.387 e. The van der Waals surface area contributed by atoms with Crippen molar-refractivity contribution in [3.8, 4) is 0 Å². The maximum atomic E-state index is 13.3. The highest BCUT2D eigenvalue weighted by Crippen LogP contribution is 2.25. The number of aliphatic hydroxyl groups excluding tert-OH is 1. The SMILES string of the molecule is CO[C@H]1O[C@H](C)[C@@H](OC)[C@@H](O)[C@@H]1F. The van der Waals surface area contributed by atoms with Crippen molar-refractivity contribution in [2.75, 3.05) is 14.2 Å². The zero-order chi connectivity index (χ0) is 10.0. The van der Waals surface area contributed by atoms with Crippen molar-refractivity contribution in [3.63, 3.8) is 0 Å². The average molecular weight is 194 g/mol. The molecule has 1 fully saturated rings. The summed E-state index contributed by atoms with van der Waals surface area (Å²) in [4.78, 5) is 0. The summed E-state index contributed by atoms with van der Waals surface area (Å²) >= 11 is 0. The molecule has 1 saturated heterocycles. The lowest BCUT2D eigenvalue weighted by Gasteiger charge is -2.38. The number of hydrogen-bond donors (Lipinski definition) is 1. The highest BCUT2D eigenvalue weighted by molar-refractivity contribution is 4.88. The van der Waals surface area contributed by atoms with Crippen LogP contribution in [0.3, 0.4) is 0 Å². The van der Waals surface area contributed by atoms with Gasteiger partial charge in [-0.15, -0.1) is 0 Å². The van der Waals surface area contributed by atoms with Gasteiger partial charge in [0.25, 0.3) is 0 Å². The molecule has 78 valence electrons. The lowest BCUT2D eigenvalue weighted by atomic mass is 10.0. The Labute approximate surface area is 76.6 Å². The minimum atomic E-state index is -1.56. The van der Waals surface area contributed by atoms with Crippen LogP contribution in [-0.2, 0) is 14.2 Å². The predicted octanol–water partition coefficient (Wildman–Crippen LogP) is 0.0916. The minimum absolute atomic E-state index is 0.378. The predicted molar refractivity (Wildman–Crippen MR) is 43.0 cm³/mol. The Hall–Kier alpha value is -0.230. The fourth-order valence-electron chi connectivity index (χ4n) is 1.50. The van der Waals surface area contributed by atoms with Gasteiger partial charge in [-0.1, -0.05) is 0 Å². The van der Waals surface area contributed by atoms with E-state index in [1.807, 2.05) is 0 Å². The van der Waals surface area contributed by atoms with E-state index >= 15 is 0 Å². The van der Waals surface area contributed by atoms with Crippen molar-refractivity contribution >= 4 is 0 Å². The Morgan fingerprint density at radius 3 is 2.38 bits per heavy atom. The molecule has 5 atom stereocenters. The van der Waals surface area contributed by atoms with Crippen LogP contribution < -0.4 is 0 Å². The van der Waals surface area contributed by atoms with Crippen LogP contribution in [-0.4, -0.2) is 50.1 Å². The second kappa shape index (κ2) is 4.32. The van der Waals surface area contributed by atoms with E-state index in [-0.39, 0.29) is 6.10 Å². The maximum absolute atomic E-state index is 13.3. The Bertz CT molecular complexity index is 166. The highest BCUT2D eigenvalue weighted by Gasteiger charge is 2.44. The Balaban J connectivity index is 2.66. The van der Waals surface area contributed by atoms with E-state index in [4.69, 9.17) is 14.2 Å². The standard InChI is InChI=1S/C8H15FO4/c1-4-7(11-2)6(10)5(9)8(12-3)13-4/h4-8,10H,1-3H3/t4-,5+,6+,7-,8+/m1/s1. The molecule has 5 heteroatoms. The van der Waals surface area contributed by atoms with E-state index in [1.54, 1.807) is 6.92 Å². The average Bonchev–Trinajstić information content (AvgIpc) is 2.12. The van der Waals surface area contributed by atoms with Crippen LogP contribution in [0.15, 0.2) is 0 Å². The molecule has 0 unspecified atom stereocenters. The van der Waals surface area contributed by atoms with Crippen LogP contribution in [0.4, 0.5) is 4.39 Å². The number of ether oxygens (including phenoxy) is 3. The fraction of sp³-hybridized carbons (Fsp3) is 1.00. The van der Waals surface area contributed by atoms with E-state index in [0.29, 0.717) is 0 Å². The normalized spacial score (nSPS) is 46.4. The van der Waals surface area contributed by atoms with Gasteiger partial charge in [0.2, 0.25) is 0 Å². The van der Waals surface area contributed by atoms with Crippen LogP contribution in [0.2, 0.25) is 0 Å². The number of halogens is 1. The fourth-order valence-corrected chi connectivity index (χ4v) is 1.50. The molecule has 0 bridgehead atoms. The number of aliphatic hydroxyl groups is 1. The summed E-state index contributed by atoms with van der Waals surface area (Å²) in [6.07, 6.45) is -4.78. The molecular formula is C8H15FO4. The summed E-state index contributed by atoms with van der Waals surface area (Å²) in [7, 11) is 2.75. The number of alkyl halides is 1. The van der Waals surface area contributed by atoms with Gasteiger partial charge in [-0.05, 0) is 6.92 Å². The van der Waals surface area contributed by atoms with Gasteiger partial charge < -0.3 is 19.3 Å². The first-order valence-corrected chi connectivity index (χ1v) is 4.15. The topological polar surface area (TPSA) is 47.9 Å². The number of rotatable bonds is 2. The van der Waals surface area contributed by atoms with Crippen molar-refractivity contribution < 1.29 is 23.7 Å². The number of hydrogen-bond acceptors (Lipinski definition) is 4. The van der Waals surface area contributed by atoms with Gasteiger partial charge in [-0.25, -0.2) is 4.39 Å². The van der Waals surface area contributed by atoms with E-state index in [2.05, 4.69) is 0 Å². The van der Waals surface area contributed by atoms with Crippen LogP contribution in [0, 0.1) is 0 Å². The molecule has 1 aliphatic heterocycles. The summed E-state index contributed by atoms with van der Waals surface area (Å²) < 4.78 is 28.0. The van der Waals surface area contributed by atoms with Gasteiger partial charge in [-0.2, -0.15) is 0 Å².